The number of halogens is 2. The zero-order valence-electron chi connectivity index (χ0n) is 25.7. The molecule has 1 aliphatic carbocycles. The number of nitrogen functional groups attached to an aromatic ring is 1. The molecule has 6 N–H and O–H groups in total. The van der Waals surface area contributed by atoms with Crippen LogP contribution in [0.5, 0.6) is 0 Å². The minimum atomic E-state index is -2.56. The van der Waals surface area contributed by atoms with Crippen LogP contribution in [0.2, 0.25) is 0 Å². The van der Waals surface area contributed by atoms with Crippen LogP contribution < -0.4 is 16.0 Å². The number of likely N-dealkylation sites (N-methyl/N-ethyl adjacent to an activating group) is 2. The number of carbonyl (C=O) groups is 4. The molecule has 0 spiro atoms. The number of nitrogens with zero attached hydrogens (tertiary/aromatic N) is 3. The van der Waals surface area contributed by atoms with Crippen molar-refractivity contribution >= 4 is 35.8 Å². The molecule has 1 unspecified atom stereocenters. The Hall–Kier alpha value is -3.22. The van der Waals surface area contributed by atoms with Crippen molar-refractivity contribution in [2.75, 3.05) is 37.8 Å². The van der Waals surface area contributed by atoms with E-state index < -0.39 is 18.4 Å². The summed E-state index contributed by atoms with van der Waals surface area (Å²) in [6, 6.07) is 4.23. The molecule has 1 atom stereocenters. The van der Waals surface area contributed by atoms with Crippen LogP contribution in [-0.2, 0) is 30.7 Å². The third kappa shape index (κ3) is 12.6. The number of aromatic nitrogens is 2. The van der Waals surface area contributed by atoms with Gasteiger partial charge in [0.1, 0.15) is 18.0 Å². The number of aliphatic hydroxyl groups is 1. The number of alkyl halides is 2. The van der Waals surface area contributed by atoms with Crippen molar-refractivity contribution in [1.29, 1.82) is 0 Å². The standard InChI is InChI=1S/C20H27N4O4.C6H12O.C4H5F2N3.W/c1-22-19(27)18(4-3-11-25)23(2)20(28)17-6-5-16(12-14(17)13-26)24-9-7-15(21)8-10-24;7-6-4-2-1-3-5-6;5-4(6)3-2(7)1-8-9-3;/h5-6,11-13,15,18,21H,3-4,7-10H2,1-2H3,(H,22,27);6-7H,1-5H2;1,4H,7H2,(H,8,9);/q-1;;;. The number of anilines is 2. The maximum Gasteiger partial charge on any atom is 0.281 e. The Morgan fingerprint density at radius 3 is 2.29 bits per heavy atom. The second-order valence-corrected chi connectivity index (χ2v) is 10.8. The van der Waals surface area contributed by atoms with Crippen LogP contribution in [0, 0.1) is 0 Å². The Morgan fingerprint density at radius 2 is 1.84 bits per heavy atom. The molecule has 4 rings (SSSR count). The average Bonchev–Trinajstić information content (AvgIpc) is 3.47. The van der Waals surface area contributed by atoms with Crippen LogP contribution in [0.15, 0.2) is 24.4 Å². The van der Waals surface area contributed by atoms with Gasteiger partial charge in [0.25, 0.3) is 12.3 Å². The Labute approximate surface area is 276 Å². The van der Waals surface area contributed by atoms with E-state index in [0.29, 0.717) is 12.6 Å². The SMILES string of the molecule is CNC(=O)C(CCC=O)N(C)C(=O)c1ccc(N2CCC([NH-])CC2)cc1C=O.Nc1cn[nH]c1C(F)F.OC1CCCCC1.[W]. The number of aliphatic hydroxyl groups excluding tert-OH is 1. The predicted molar refractivity (Wildman–Crippen MR) is 164 cm³/mol. The molecule has 12 nitrogen and oxygen atoms in total. The summed E-state index contributed by atoms with van der Waals surface area (Å²) in [5, 5.41) is 16.8. The average molecular weight is 805 g/mol. The van der Waals surface area contributed by atoms with E-state index in [2.05, 4.69) is 20.4 Å². The van der Waals surface area contributed by atoms with Crippen LogP contribution in [0.1, 0.15) is 90.6 Å². The summed E-state index contributed by atoms with van der Waals surface area (Å²) < 4.78 is 23.4. The van der Waals surface area contributed by atoms with E-state index in [1.807, 2.05) is 0 Å². The fraction of sp³-hybridized carbons (Fsp3) is 0.567. The van der Waals surface area contributed by atoms with Gasteiger partial charge in [0.2, 0.25) is 5.91 Å². The number of piperidine rings is 1. The molecule has 1 aromatic heterocycles. The van der Waals surface area contributed by atoms with Gasteiger partial charge >= 0.3 is 0 Å². The zero-order chi connectivity index (χ0) is 32.6. The summed E-state index contributed by atoms with van der Waals surface area (Å²) in [6.07, 6.45) is 7.77. The number of benzene rings is 1. The van der Waals surface area contributed by atoms with Crippen molar-refractivity contribution in [3.8, 4) is 0 Å². The molecule has 1 aliphatic heterocycles. The Morgan fingerprint density at radius 1 is 1.20 bits per heavy atom. The third-order valence-corrected chi connectivity index (χ3v) is 7.64. The fourth-order valence-electron chi connectivity index (χ4n) is 4.96. The molecule has 1 saturated carbocycles. The van der Waals surface area contributed by atoms with Gasteiger partial charge in [0.05, 0.1) is 23.6 Å². The van der Waals surface area contributed by atoms with Crippen molar-refractivity contribution in [1.82, 2.24) is 20.4 Å². The first-order valence-corrected chi connectivity index (χ1v) is 14.8. The molecule has 2 heterocycles. The number of aromatic amines is 1. The van der Waals surface area contributed by atoms with Crippen LogP contribution in [0.3, 0.4) is 0 Å². The Kier molecular flexibility index (Phi) is 18.3. The summed E-state index contributed by atoms with van der Waals surface area (Å²) in [5.74, 6) is -0.807. The molecule has 2 amide bonds. The maximum absolute atomic E-state index is 12.9. The molecule has 0 radical (unpaired) electrons. The van der Waals surface area contributed by atoms with E-state index in [9.17, 15) is 28.0 Å². The molecular formula is C30H44F2N7O5W-. The number of hydrogen-bond acceptors (Lipinski definition) is 8. The second-order valence-electron chi connectivity index (χ2n) is 10.8. The first-order valence-electron chi connectivity index (χ1n) is 14.8. The van der Waals surface area contributed by atoms with Gasteiger partial charge in [-0.05, 0) is 37.5 Å². The second kappa shape index (κ2) is 20.7. The summed E-state index contributed by atoms with van der Waals surface area (Å²) in [7, 11) is 2.97. The van der Waals surface area contributed by atoms with Crippen molar-refractivity contribution in [3.63, 3.8) is 0 Å². The number of H-pyrrole nitrogens is 1. The Bertz CT molecular complexity index is 1210. The molecule has 250 valence electrons. The molecule has 2 aliphatic rings. The smallest absolute Gasteiger partial charge is 0.281 e. The van der Waals surface area contributed by atoms with Crippen molar-refractivity contribution in [2.45, 2.75) is 82.4 Å². The van der Waals surface area contributed by atoms with E-state index in [-0.39, 0.29) is 74.5 Å². The summed E-state index contributed by atoms with van der Waals surface area (Å²) >= 11 is 0. The van der Waals surface area contributed by atoms with E-state index in [1.165, 1.54) is 38.3 Å². The molecule has 1 aromatic carbocycles. The number of nitrogens with two attached hydrogens (primary N) is 1. The number of rotatable bonds is 9. The number of nitrogens with one attached hydrogen (secondary N) is 3. The van der Waals surface area contributed by atoms with Gasteiger partial charge in [-0.25, -0.2) is 8.78 Å². The van der Waals surface area contributed by atoms with Gasteiger partial charge < -0.3 is 36.5 Å². The monoisotopic (exact) mass is 804 g/mol. The third-order valence-electron chi connectivity index (χ3n) is 7.64. The van der Waals surface area contributed by atoms with E-state index in [1.54, 1.807) is 18.2 Å². The van der Waals surface area contributed by atoms with Gasteiger partial charge in [-0.2, -0.15) is 5.10 Å². The number of aldehydes is 2. The molecule has 15 heteroatoms. The fourth-order valence-corrected chi connectivity index (χ4v) is 4.96. The predicted octanol–water partition coefficient (Wildman–Crippen LogP) is 3.92. The van der Waals surface area contributed by atoms with Crippen molar-refractivity contribution in [3.05, 3.63) is 47.0 Å². The molecule has 1 saturated heterocycles. The van der Waals surface area contributed by atoms with Gasteiger partial charge in [0, 0.05) is 65.9 Å². The van der Waals surface area contributed by atoms with Crippen molar-refractivity contribution in [2.24, 2.45) is 0 Å². The number of carbonyl (C=O) groups excluding carboxylic acids is 4. The molecule has 2 aromatic rings. The normalized spacial score (nSPS) is 15.8. The first-order chi connectivity index (χ1) is 21.0. The Balaban J connectivity index is 0.000000482. The minimum absolute atomic E-state index is 0. The van der Waals surface area contributed by atoms with Gasteiger partial charge in [-0.3, -0.25) is 19.5 Å². The van der Waals surface area contributed by atoms with Gasteiger partial charge in [0.15, 0.2) is 6.29 Å². The van der Waals surface area contributed by atoms with Crippen LogP contribution in [-0.4, -0.2) is 90.0 Å². The van der Waals surface area contributed by atoms with E-state index in [0.717, 1.165) is 50.7 Å². The van der Waals surface area contributed by atoms with E-state index in [4.69, 9.17) is 16.6 Å². The summed E-state index contributed by atoms with van der Waals surface area (Å²) in [5.41, 5.74) is 13.9. The van der Waals surface area contributed by atoms with Gasteiger partial charge in [-0.15, -0.1) is 6.04 Å². The minimum Gasteiger partial charge on any atom is -0.675 e. The van der Waals surface area contributed by atoms with Crippen molar-refractivity contribution < 1.29 is 54.1 Å². The molecule has 0 bridgehead atoms. The van der Waals surface area contributed by atoms with Crippen LogP contribution in [0.4, 0.5) is 20.2 Å². The zero-order valence-corrected chi connectivity index (χ0v) is 28.6. The first kappa shape index (κ1) is 39.8. The summed E-state index contributed by atoms with van der Waals surface area (Å²) in [6.45, 7) is 1.48. The van der Waals surface area contributed by atoms with Crippen LogP contribution >= 0.6 is 0 Å². The number of amides is 2. The maximum atomic E-state index is 12.9. The summed E-state index contributed by atoms with van der Waals surface area (Å²) in [4.78, 5) is 50.8. The van der Waals surface area contributed by atoms with Gasteiger partial charge in [-0.1, -0.05) is 32.1 Å². The van der Waals surface area contributed by atoms with E-state index >= 15 is 0 Å². The largest absolute Gasteiger partial charge is 0.675 e. The molecule has 2 fully saturated rings. The topological polar surface area (TPSA) is 186 Å². The number of hydrogen-bond donors (Lipinski definition) is 4. The molecular weight excluding hydrogens is 760 g/mol. The quantitative estimate of drug-likeness (QED) is 0.275. The molecule has 45 heavy (non-hydrogen) atoms. The van der Waals surface area contributed by atoms with Crippen LogP contribution in [0.25, 0.3) is 5.73 Å².